The van der Waals surface area contributed by atoms with E-state index in [0.29, 0.717) is 18.4 Å². The van der Waals surface area contributed by atoms with Gasteiger partial charge in [0.15, 0.2) is 5.78 Å². The van der Waals surface area contributed by atoms with Crippen molar-refractivity contribution in [1.82, 2.24) is 10.3 Å². The summed E-state index contributed by atoms with van der Waals surface area (Å²) in [7, 11) is 0. The van der Waals surface area contributed by atoms with E-state index in [9.17, 15) is 22.8 Å². The summed E-state index contributed by atoms with van der Waals surface area (Å²) in [6, 6.07) is 2.14. The van der Waals surface area contributed by atoms with Crippen LogP contribution in [0.3, 0.4) is 0 Å². The van der Waals surface area contributed by atoms with E-state index in [0.717, 1.165) is 31.7 Å². The van der Waals surface area contributed by atoms with Crippen LogP contribution >= 0.6 is 0 Å². The molecule has 0 bridgehead atoms. The number of fused-ring (bicyclic) bond motifs is 1. The van der Waals surface area contributed by atoms with Crippen LogP contribution in [-0.2, 0) is 22.2 Å². The third kappa shape index (κ3) is 4.99. The van der Waals surface area contributed by atoms with Gasteiger partial charge in [-0.05, 0) is 56.1 Å². The summed E-state index contributed by atoms with van der Waals surface area (Å²) in [5.41, 5.74) is -0.241. The minimum absolute atomic E-state index is 0.0124. The fraction of sp³-hybridized carbons (Fsp3) is 0.609. The summed E-state index contributed by atoms with van der Waals surface area (Å²) in [5, 5.41) is 3.32. The van der Waals surface area contributed by atoms with E-state index < -0.39 is 11.9 Å². The molecular weight excluding hydrogens is 393 g/mol. The van der Waals surface area contributed by atoms with Crippen molar-refractivity contribution in [1.29, 1.82) is 0 Å². The predicted molar refractivity (Wildman–Crippen MR) is 108 cm³/mol. The molecule has 2 fully saturated rings. The van der Waals surface area contributed by atoms with Crippen molar-refractivity contribution in [3.05, 3.63) is 41.7 Å². The number of aryl methyl sites for hydroxylation is 1. The predicted octanol–water partition coefficient (Wildman–Crippen LogP) is 4.59. The summed E-state index contributed by atoms with van der Waals surface area (Å²) in [5.74, 6) is 0.121. The zero-order valence-corrected chi connectivity index (χ0v) is 17.5. The highest BCUT2D eigenvalue weighted by atomic mass is 19.4. The molecule has 1 aliphatic carbocycles. The number of alkyl halides is 3. The van der Waals surface area contributed by atoms with Gasteiger partial charge in [-0.2, -0.15) is 13.2 Å². The molecule has 3 rings (SSSR count). The van der Waals surface area contributed by atoms with Gasteiger partial charge in [0.2, 0.25) is 0 Å². The molecule has 1 aromatic rings. The number of Topliss-reactive ketones (excluding diaryl/α,β-unsaturated/α-hetero) is 2. The van der Waals surface area contributed by atoms with E-state index in [1.165, 1.54) is 6.07 Å². The molecule has 1 aliphatic heterocycles. The average molecular weight is 422 g/mol. The van der Waals surface area contributed by atoms with Gasteiger partial charge >= 0.3 is 6.18 Å². The number of hydrogen-bond acceptors (Lipinski definition) is 4. The zero-order valence-electron chi connectivity index (χ0n) is 17.5. The van der Waals surface area contributed by atoms with Crippen LogP contribution in [0.1, 0.15) is 62.4 Å². The number of piperidine rings is 1. The van der Waals surface area contributed by atoms with Crippen LogP contribution in [0.4, 0.5) is 13.2 Å². The van der Waals surface area contributed by atoms with Gasteiger partial charge in [0, 0.05) is 18.4 Å². The van der Waals surface area contributed by atoms with Crippen molar-refractivity contribution in [3.8, 4) is 0 Å². The zero-order chi connectivity index (χ0) is 22.1. The maximum atomic E-state index is 12.9. The van der Waals surface area contributed by atoms with Crippen molar-refractivity contribution in [2.24, 2.45) is 11.3 Å². The standard InChI is InChI=1S/C23H29F3N2O2/c1-4-5-6-15(3)18(29)9-10-22-12-17(28-21(22)13-22)19(30)11-16-14(2)7-8-20(27-16)23(24,25)26/h4,7-8,15,17,21,28H,1,5-6,9-13H2,2-3H3/t15-,17?,21-,22+/m1/s1. The Morgan fingerprint density at radius 1 is 1.37 bits per heavy atom. The minimum atomic E-state index is -4.53. The lowest BCUT2D eigenvalue weighted by Gasteiger charge is -2.17. The molecule has 30 heavy (non-hydrogen) atoms. The Kier molecular flexibility index (Phi) is 6.51. The molecular formula is C23H29F3N2O2. The number of allylic oxidation sites excluding steroid dienone is 1. The second-order valence-electron chi connectivity index (χ2n) is 8.88. The van der Waals surface area contributed by atoms with Crippen LogP contribution in [0.25, 0.3) is 0 Å². The largest absolute Gasteiger partial charge is 0.433 e. The van der Waals surface area contributed by atoms with Crippen molar-refractivity contribution in [3.63, 3.8) is 0 Å². The molecule has 2 heterocycles. The molecule has 1 saturated heterocycles. The molecule has 4 atom stereocenters. The highest BCUT2D eigenvalue weighted by molar-refractivity contribution is 5.87. The van der Waals surface area contributed by atoms with E-state index in [-0.39, 0.29) is 47.1 Å². The quantitative estimate of drug-likeness (QED) is 0.560. The lowest BCUT2D eigenvalue weighted by molar-refractivity contribution is -0.141. The third-order valence-electron chi connectivity index (χ3n) is 6.65. The molecule has 1 N–H and O–H groups in total. The summed E-state index contributed by atoms with van der Waals surface area (Å²) >= 11 is 0. The van der Waals surface area contributed by atoms with Gasteiger partial charge in [0.1, 0.15) is 11.5 Å². The third-order valence-corrected chi connectivity index (χ3v) is 6.65. The Hall–Kier alpha value is -2.02. The Morgan fingerprint density at radius 2 is 2.10 bits per heavy atom. The van der Waals surface area contributed by atoms with Gasteiger partial charge in [-0.25, -0.2) is 4.98 Å². The first-order chi connectivity index (χ1) is 14.1. The molecule has 0 aromatic carbocycles. The van der Waals surface area contributed by atoms with Crippen LogP contribution in [-0.4, -0.2) is 28.6 Å². The summed E-state index contributed by atoms with van der Waals surface area (Å²) < 4.78 is 38.8. The molecule has 0 amide bonds. The average Bonchev–Trinajstić information content (AvgIpc) is 3.24. The first-order valence-corrected chi connectivity index (χ1v) is 10.5. The van der Waals surface area contributed by atoms with Gasteiger partial charge in [-0.15, -0.1) is 6.58 Å². The monoisotopic (exact) mass is 422 g/mol. The van der Waals surface area contributed by atoms with E-state index in [1.807, 2.05) is 13.0 Å². The Bertz CT molecular complexity index is 836. The fourth-order valence-electron chi connectivity index (χ4n) is 4.45. The highest BCUT2D eigenvalue weighted by Gasteiger charge is 2.60. The first-order valence-electron chi connectivity index (χ1n) is 10.5. The second-order valence-corrected chi connectivity index (χ2v) is 8.88. The summed E-state index contributed by atoms with van der Waals surface area (Å²) in [6.45, 7) is 7.29. The number of carbonyl (C=O) groups excluding carboxylic acids is 2. The van der Waals surface area contributed by atoms with Crippen molar-refractivity contribution in [2.45, 2.75) is 77.1 Å². The normalized spacial score (nSPS) is 26.2. The molecule has 1 saturated carbocycles. The Morgan fingerprint density at radius 3 is 2.77 bits per heavy atom. The maximum Gasteiger partial charge on any atom is 0.433 e. The number of nitrogens with zero attached hydrogens (tertiary/aromatic N) is 1. The molecule has 0 radical (unpaired) electrons. The molecule has 1 aromatic heterocycles. The molecule has 2 aliphatic rings. The minimum Gasteiger partial charge on any atom is -0.304 e. The number of rotatable bonds is 10. The van der Waals surface area contributed by atoms with E-state index in [4.69, 9.17) is 0 Å². The highest BCUT2D eigenvalue weighted by Crippen LogP contribution is 2.57. The molecule has 164 valence electrons. The second kappa shape index (κ2) is 8.61. The summed E-state index contributed by atoms with van der Waals surface area (Å²) in [4.78, 5) is 28.8. The van der Waals surface area contributed by atoms with Crippen LogP contribution in [0.15, 0.2) is 24.8 Å². The Labute approximate surface area is 175 Å². The lowest BCUT2D eigenvalue weighted by atomic mass is 9.88. The number of aromatic nitrogens is 1. The SMILES string of the molecule is C=CCC[C@@H](C)C(=O)CC[C@@]12CC(C(=O)Cc3nc(C(F)(F)F)ccc3C)N[C@@H]1C2. The number of ketones is 2. The smallest absolute Gasteiger partial charge is 0.304 e. The fourth-order valence-corrected chi connectivity index (χ4v) is 4.45. The number of hydrogen-bond donors (Lipinski definition) is 1. The van der Waals surface area contributed by atoms with Crippen molar-refractivity contribution in [2.75, 3.05) is 0 Å². The lowest BCUT2D eigenvalue weighted by Crippen LogP contribution is -2.35. The van der Waals surface area contributed by atoms with Gasteiger partial charge in [-0.3, -0.25) is 9.59 Å². The van der Waals surface area contributed by atoms with E-state index >= 15 is 0 Å². The van der Waals surface area contributed by atoms with Crippen molar-refractivity contribution < 1.29 is 22.8 Å². The van der Waals surface area contributed by atoms with Gasteiger partial charge < -0.3 is 5.32 Å². The van der Waals surface area contributed by atoms with Crippen LogP contribution in [0, 0.1) is 18.3 Å². The molecule has 4 nitrogen and oxygen atoms in total. The molecule has 1 unspecified atom stereocenters. The van der Waals surface area contributed by atoms with E-state index in [1.54, 1.807) is 6.92 Å². The number of pyridine rings is 1. The first kappa shape index (κ1) is 22.7. The number of carbonyl (C=O) groups is 2. The van der Waals surface area contributed by atoms with Gasteiger partial charge in [0.25, 0.3) is 0 Å². The van der Waals surface area contributed by atoms with Crippen molar-refractivity contribution >= 4 is 11.6 Å². The Balaban J connectivity index is 1.55. The molecule has 7 heteroatoms. The van der Waals surface area contributed by atoms with Gasteiger partial charge in [0.05, 0.1) is 18.2 Å². The number of halogens is 3. The van der Waals surface area contributed by atoms with E-state index in [2.05, 4.69) is 16.9 Å². The maximum absolute atomic E-state index is 12.9. The topological polar surface area (TPSA) is 59.1 Å². The summed E-state index contributed by atoms with van der Waals surface area (Å²) in [6.07, 6.45) is 1.65. The van der Waals surface area contributed by atoms with Crippen LogP contribution < -0.4 is 5.32 Å². The van der Waals surface area contributed by atoms with Crippen LogP contribution in [0.2, 0.25) is 0 Å². The number of nitrogens with one attached hydrogen (secondary N) is 1. The van der Waals surface area contributed by atoms with Crippen LogP contribution in [0.5, 0.6) is 0 Å². The molecule has 0 spiro atoms. The van der Waals surface area contributed by atoms with Gasteiger partial charge in [-0.1, -0.05) is 19.1 Å².